The van der Waals surface area contributed by atoms with Gasteiger partial charge < -0.3 is 15.4 Å². The molecule has 4 nitrogen and oxygen atoms in total. The lowest BCUT2D eigenvalue weighted by atomic mass is 10.2. The smallest absolute Gasteiger partial charge is 0.243 e. The first-order chi connectivity index (χ1) is 9.69. The zero-order valence-corrected chi connectivity index (χ0v) is 11.6. The number of amides is 1. The Kier molecular flexibility index (Phi) is 4.60. The van der Waals surface area contributed by atoms with Crippen molar-refractivity contribution >= 4 is 17.3 Å². The summed E-state index contributed by atoms with van der Waals surface area (Å²) in [4.78, 5) is 11.9. The van der Waals surface area contributed by atoms with Crippen LogP contribution in [0.1, 0.15) is 5.56 Å². The van der Waals surface area contributed by atoms with Gasteiger partial charge in [-0.05, 0) is 42.8 Å². The molecule has 0 aliphatic heterocycles. The van der Waals surface area contributed by atoms with Crippen LogP contribution >= 0.6 is 0 Å². The van der Waals surface area contributed by atoms with Gasteiger partial charge in [-0.25, -0.2) is 0 Å². The topological polar surface area (TPSA) is 50.4 Å². The van der Waals surface area contributed by atoms with Crippen LogP contribution in [0.3, 0.4) is 0 Å². The van der Waals surface area contributed by atoms with E-state index in [-0.39, 0.29) is 12.5 Å². The molecule has 0 atom stereocenters. The predicted octanol–water partition coefficient (Wildman–Crippen LogP) is 3.05. The Morgan fingerprint density at radius 3 is 2.45 bits per heavy atom. The minimum atomic E-state index is -0.0740. The van der Waals surface area contributed by atoms with Crippen molar-refractivity contribution in [3.8, 4) is 5.75 Å². The summed E-state index contributed by atoms with van der Waals surface area (Å²) in [6.07, 6.45) is 0. The summed E-state index contributed by atoms with van der Waals surface area (Å²) < 4.78 is 5.08. The summed E-state index contributed by atoms with van der Waals surface area (Å²) in [7, 11) is 1.62. The second-order valence-corrected chi connectivity index (χ2v) is 4.45. The third-order valence-electron chi connectivity index (χ3n) is 2.96. The largest absolute Gasteiger partial charge is 0.497 e. The number of carbonyl (C=O) groups is 1. The number of ether oxygens (including phenoxy) is 1. The second-order valence-electron chi connectivity index (χ2n) is 4.45. The Morgan fingerprint density at radius 2 is 1.80 bits per heavy atom. The van der Waals surface area contributed by atoms with E-state index in [4.69, 9.17) is 4.74 Å². The highest BCUT2D eigenvalue weighted by atomic mass is 16.5. The van der Waals surface area contributed by atoms with Gasteiger partial charge in [-0.15, -0.1) is 0 Å². The molecule has 0 spiro atoms. The molecule has 0 bridgehead atoms. The Balaban J connectivity index is 1.87. The molecule has 2 rings (SSSR count). The third-order valence-corrected chi connectivity index (χ3v) is 2.96. The molecule has 0 radical (unpaired) electrons. The van der Waals surface area contributed by atoms with Gasteiger partial charge in [-0.2, -0.15) is 0 Å². The lowest BCUT2D eigenvalue weighted by molar-refractivity contribution is -0.114. The molecular formula is C16H18N2O2. The molecule has 0 unspecified atom stereocenters. The monoisotopic (exact) mass is 270 g/mol. The van der Waals surface area contributed by atoms with Crippen molar-refractivity contribution in [1.29, 1.82) is 0 Å². The van der Waals surface area contributed by atoms with Gasteiger partial charge in [0.05, 0.1) is 13.7 Å². The van der Waals surface area contributed by atoms with Crippen LogP contribution in [0.2, 0.25) is 0 Å². The number of para-hydroxylation sites is 1. The van der Waals surface area contributed by atoms with Crippen molar-refractivity contribution in [2.75, 3.05) is 24.3 Å². The van der Waals surface area contributed by atoms with Crippen molar-refractivity contribution in [2.24, 2.45) is 0 Å². The highest BCUT2D eigenvalue weighted by Gasteiger charge is 2.04. The van der Waals surface area contributed by atoms with Crippen molar-refractivity contribution in [3.63, 3.8) is 0 Å². The first kappa shape index (κ1) is 13.9. The quantitative estimate of drug-likeness (QED) is 0.878. The number of nitrogens with one attached hydrogen (secondary N) is 2. The fourth-order valence-electron chi connectivity index (χ4n) is 1.80. The summed E-state index contributed by atoms with van der Waals surface area (Å²) >= 11 is 0. The Hall–Kier alpha value is -2.49. The highest BCUT2D eigenvalue weighted by molar-refractivity contribution is 5.94. The number of hydrogen-bond acceptors (Lipinski definition) is 3. The van der Waals surface area contributed by atoms with Gasteiger partial charge in [0.25, 0.3) is 0 Å². The molecule has 0 aromatic heterocycles. The van der Waals surface area contributed by atoms with Crippen LogP contribution in [0.5, 0.6) is 5.75 Å². The molecule has 2 aromatic carbocycles. The van der Waals surface area contributed by atoms with E-state index in [1.807, 2.05) is 55.5 Å². The average molecular weight is 270 g/mol. The molecule has 0 heterocycles. The van der Waals surface area contributed by atoms with Gasteiger partial charge >= 0.3 is 0 Å². The number of hydrogen-bond donors (Lipinski definition) is 2. The molecule has 0 saturated carbocycles. The Morgan fingerprint density at radius 1 is 1.10 bits per heavy atom. The van der Waals surface area contributed by atoms with Crippen molar-refractivity contribution in [3.05, 3.63) is 54.1 Å². The molecule has 1 amide bonds. The normalized spacial score (nSPS) is 9.90. The number of rotatable bonds is 5. The predicted molar refractivity (Wildman–Crippen MR) is 81.3 cm³/mol. The van der Waals surface area contributed by atoms with Crippen molar-refractivity contribution in [2.45, 2.75) is 6.92 Å². The van der Waals surface area contributed by atoms with Gasteiger partial charge in [0.1, 0.15) is 5.75 Å². The summed E-state index contributed by atoms with van der Waals surface area (Å²) in [5.74, 6) is 0.718. The number of methoxy groups -OCH3 is 1. The van der Waals surface area contributed by atoms with E-state index in [0.717, 1.165) is 22.7 Å². The van der Waals surface area contributed by atoms with E-state index in [9.17, 15) is 4.79 Å². The number of benzene rings is 2. The molecule has 2 N–H and O–H groups in total. The van der Waals surface area contributed by atoms with Crippen LogP contribution in [-0.4, -0.2) is 19.6 Å². The van der Waals surface area contributed by atoms with Crippen LogP contribution in [0.4, 0.5) is 11.4 Å². The highest BCUT2D eigenvalue weighted by Crippen LogP contribution is 2.15. The van der Waals surface area contributed by atoms with Crippen molar-refractivity contribution < 1.29 is 9.53 Å². The van der Waals surface area contributed by atoms with Crippen LogP contribution in [0.25, 0.3) is 0 Å². The van der Waals surface area contributed by atoms with Gasteiger partial charge in [0, 0.05) is 11.4 Å². The zero-order valence-electron chi connectivity index (χ0n) is 11.6. The maximum Gasteiger partial charge on any atom is 0.243 e. The maximum atomic E-state index is 11.9. The Labute approximate surface area is 118 Å². The first-order valence-corrected chi connectivity index (χ1v) is 6.42. The maximum absolute atomic E-state index is 11.9. The van der Waals surface area contributed by atoms with E-state index in [1.165, 1.54) is 0 Å². The number of carbonyl (C=O) groups excluding carboxylic acids is 1. The fourth-order valence-corrected chi connectivity index (χ4v) is 1.80. The lowest BCUT2D eigenvalue weighted by Crippen LogP contribution is -2.22. The average Bonchev–Trinajstić information content (AvgIpc) is 2.48. The SMILES string of the molecule is COc1ccc(NCC(=O)Nc2ccccc2C)cc1. The third kappa shape index (κ3) is 3.75. The molecule has 2 aromatic rings. The molecule has 0 fully saturated rings. The number of anilines is 2. The lowest BCUT2D eigenvalue weighted by Gasteiger charge is -2.10. The molecule has 4 heteroatoms. The van der Waals surface area contributed by atoms with E-state index in [2.05, 4.69) is 10.6 Å². The second kappa shape index (κ2) is 6.61. The van der Waals surface area contributed by atoms with Gasteiger partial charge in [-0.1, -0.05) is 18.2 Å². The molecule has 104 valence electrons. The van der Waals surface area contributed by atoms with Crippen LogP contribution < -0.4 is 15.4 Å². The molecule has 20 heavy (non-hydrogen) atoms. The van der Waals surface area contributed by atoms with Crippen LogP contribution in [-0.2, 0) is 4.79 Å². The summed E-state index contributed by atoms with van der Waals surface area (Å²) in [6, 6.07) is 15.1. The summed E-state index contributed by atoms with van der Waals surface area (Å²) in [5, 5.41) is 5.94. The molecule has 0 saturated heterocycles. The molecule has 0 aliphatic carbocycles. The van der Waals surface area contributed by atoms with Crippen LogP contribution in [0, 0.1) is 6.92 Å². The minimum absolute atomic E-state index is 0.0740. The molecular weight excluding hydrogens is 252 g/mol. The van der Waals surface area contributed by atoms with E-state index >= 15 is 0 Å². The van der Waals surface area contributed by atoms with Crippen molar-refractivity contribution in [1.82, 2.24) is 0 Å². The zero-order chi connectivity index (χ0) is 14.4. The van der Waals surface area contributed by atoms with E-state index in [1.54, 1.807) is 7.11 Å². The summed E-state index contributed by atoms with van der Waals surface area (Å²) in [5.41, 5.74) is 2.77. The summed E-state index contributed by atoms with van der Waals surface area (Å²) in [6.45, 7) is 2.19. The Bertz CT molecular complexity index is 579. The standard InChI is InChI=1S/C16H18N2O2/c1-12-5-3-4-6-15(12)18-16(19)11-17-13-7-9-14(20-2)10-8-13/h3-10,17H,11H2,1-2H3,(H,18,19). The van der Waals surface area contributed by atoms with E-state index < -0.39 is 0 Å². The van der Waals surface area contributed by atoms with Gasteiger partial charge in [-0.3, -0.25) is 4.79 Å². The van der Waals surface area contributed by atoms with Gasteiger partial charge in [0.2, 0.25) is 5.91 Å². The van der Waals surface area contributed by atoms with Crippen LogP contribution in [0.15, 0.2) is 48.5 Å². The molecule has 0 aliphatic rings. The minimum Gasteiger partial charge on any atom is -0.497 e. The number of aryl methyl sites for hydroxylation is 1. The van der Waals surface area contributed by atoms with Gasteiger partial charge in [0.15, 0.2) is 0 Å². The van der Waals surface area contributed by atoms with E-state index in [0.29, 0.717) is 0 Å². The first-order valence-electron chi connectivity index (χ1n) is 6.42. The fraction of sp³-hybridized carbons (Fsp3) is 0.188.